The van der Waals surface area contributed by atoms with Crippen LogP contribution in [0.25, 0.3) is 5.69 Å². The van der Waals surface area contributed by atoms with Crippen molar-refractivity contribution < 1.29 is 9.50 Å². The number of aromatic nitrogens is 3. The van der Waals surface area contributed by atoms with Gasteiger partial charge in [-0.1, -0.05) is 18.7 Å². The number of aliphatic hydroxyl groups is 1. The largest absolute Gasteiger partial charge is 0.392 e. The zero-order valence-electron chi connectivity index (χ0n) is 11.2. The number of rotatable bonds is 6. The van der Waals surface area contributed by atoms with Gasteiger partial charge in [-0.05, 0) is 30.7 Å². The predicted molar refractivity (Wildman–Crippen MR) is 76.2 cm³/mol. The van der Waals surface area contributed by atoms with Crippen LogP contribution in [-0.4, -0.2) is 31.7 Å². The van der Waals surface area contributed by atoms with Crippen LogP contribution >= 0.6 is 11.8 Å². The van der Waals surface area contributed by atoms with Crippen molar-refractivity contribution in [1.29, 1.82) is 0 Å². The molecule has 2 rings (SSSR count). The molecule has 3 N–H and O–H groups in total. The van der Waals surface area contributed by atoms with Gasteiger partial charge in [-0.15, -0.1) is 10.2 Å². The van der Waals surface area contributed by atoms with Gasteiger partial charge in [0.05, 0.1) is 12.6 Å². The Kier molecular flexibility index (Phi) is 5.11. The van der Waals surface area contributed by atoms with Crippen molar-refractivity contribution in [1.82, 2.24) is 14.8 Å². The molecule has 1 aromatic carbocycles. The Labute approximate surface area is 121 Å². The van der Waals surface area contributed by atoms with E-state index in [2.05, 4.69) is 10.2 Å². The van der Waals surface area contributed by atoms with Gasteiger partial charge in [0.15, 0.2) is 11.0 Å². The lowest BCUT2D eigenvalue weighted by atomic mass is 10.3. The van der Waals surface area contributed by atoms with Gasteiger partial charge in [0, 0.05) is 11.4 Å². The fourth-order valence-electron chi connectivity index (χ4n) is 1.66. The SMILES string of the molecule is CC[C@@H](O)CSc1nnc(CN)n1-c1ccc(F)cc1. The quantitative estimate of drug-likeness (QED) is 0.794. The molecule has 0 aliphatic rings. The molecule has 0 fully saturated rings. The molecule has 0 saturated carbocycles. The maximum atomic E-state index is 13.0. The minimum Gasteiger partial charge on any atom is -0.392 e. The molecular weight excluding hydrogens is 279 g/mol. The van der Waals surface area contributed by atoms with Crippen molar-refractivity contribution >= 4 is 11.8 Å². The van der Waals surface area contributed by atoms with Gasteiger partial charge in [0.1, 0.15) is 5.82 Å². The molecule has 0 aliphatic carbocycles. The number of thioether (sulfide) groups is 1. The highest BCUT2D eigenvalue weighted by Crippen LogP contribution is 2.23. The van der Waals surface area contributed by atoms with Crippen LogP contribution in [0.5, 0.6) is 0 Å². The average molecular weight is 296 g/mol. The number of hydrogen-bond donors (Lipinski definition) is 2. The van der Waals surface area contributed by atoms with E-state index in [1.165, 1.54) is 23.9 Å². The van der Waals surface area contributed by atoms with E-state index < -0.39 is 0 Å². The van der Waals surface area contributed by atoms with Gasteiger partial charge in [-0.25, -0.2) is 4.39 Å². The van der Waals surface area contributed by atoms with E-state index in [1.807, 2.05) is 6.92 Å². The summed E-state index contributed by atoms with van der Waals surface area (Å²) in [5.74, 6) is 0.831. The first kappa shape index (κ1) is 15.0. The third kappa shape index (κ3) is 3.36. The zero-order chi connectivity index (χ0) is 14.5. The van der Waals surface area contributed by atoms with Crippen LogP contribution < -0.4 is 5.73 Å². The van der Waals surface area contributed by atoms with Crippen molar-refractivity contribution in [2.24, 2.45) is 5.73 Å². The molecule has 0 unspecified atom stereocenters. The summed E-state index contributed by atoms with van der Waals surface area (Å²) in [4.78, 5) is 0. The van der Waals surface area contributed by atoms with Crippen LogP contribution in [0.2, 0.25) is 0 Å². The van der Waals surface area contributed by atoms with Crippen LogP contribution in [0.1, 0.15) is 19.2 Å². The summed E-state index contributed by atoms with van der Waals surface area (Å²) < 4.78 is 14.8. The van der Waals surface area contributed by atoms with Gasteiger partial charge in [-0.2, -0.15) is 0 Å². The lowest BCUT2D eigenvalue weighted by molar-refractivity contribution is 0.195. The summed E-state index contributed by atoms with van der Waals surface area (Å²) in [5.41, 5.74) is 6.41. The minimum atomic E-state index is -0.389. The van der Waals surface area contributed by atoms with Crippen LogP contribution in [0.15, 0.2) is 29.4 Å². The molecule has 0 amide bonds. The summed E-state index contributed by atoms with van der Waals surface area (Å²) in [6, 6.07) is 6.06. The number of aliphatic hydroxyl groups excluding tert-OH is 1. The first-order chi connectivity index (χ1) is 9.65. The second-order valence-electron chi connectivity index (χ2n) is 4.29. The van der Waals surface area contributed by atoms with Gasteiger partial charge < -0.3 is 10.8 Å². The molecular formula is C13H17FN4OS. The number of nitrogens with two attached hydrogens (primary N) is 1. The molecule has 1 heterocycles. The highest BCUT2D eigenvalue weighted by Gasteiger charge is 2.14. The summed E-state index contributed by atoms with van der Waals surface area (Å²) in [6.07, 6.45) is 0.293. The van der Waals surface area contributed by atoms with E-state index >= 15 is 0 Å². The Morgan fingerprint density at radius 2 is 2.05 bits per heavy atom. The monoisotopic (exact) mass is 296 g/mol. The van der Waals surface area contributed by atoms with Gasteiger partial charge in [-0.3, -0.25) is 4.57 Å². The van der Waals surface area contributed by atoms with Crippen molar-refractivity contribution in [3.8, 4) is 5.69 Å². The number of benzene rings is 1. The molecule has 20 heavy (non-hydrogen) atoms. The molecule has 7 heteroatoms. The standard InChI is InChI=1S/C13H17FN4OS/c1-2-11(19)8-20-13-17-16-12(7-15)18(13)10-5-3-9(14)4-6-10/h3-6,11,19H,2,7-8,15H2,1H3/t11-/m1/s1. The second-order valence-corrected chi connectivity index (χ2v) is 5.27. The highest BCUT2D eigenvalue weighted by molar-refractivity contribution is 7.99. The van der Waals surface area contributed by atoms with Crippen LogP contribution in [0, 0.1) is 5.82 Å². The Morgan fingerprint density at radius 1 is 1.35 bits per heavy atom. The zero-order valence-corrected chi connectivity index (χ0v) is 12.0. The maximum Gasteiger partial charge on any atom is 0.195 e. The number of nitrogens with zero attached hydrogens (tertiary/aromatic N) is 3. The minimum absolute atomic E-state index is 0.237. The van der Waals surface area contributed by atoms with Gasteiger partial charge in [0.2, 0.25) is 0 Å². The van der Waals surface area contributed by atoms with E-state index in [4.69, 9.17) is 5.73 Å². The summed E-state index contributed by atoms with van der Waals surface area (Å²) in [6.45, 7) is 2.16. The second kappa shape index (κ2) is 6.83. The third-order valence-electron chi connectivity index (χ3n) is 2.84. The Hall–Kier alpha value is -1.44. The van der Waals surface area contributed by atoms with E-state index in [-0.39, 0.29) is 18.5 Å². The Bertz CT molecular complexity index is 558. The lowest BCUT2D eigenvalue weighted by Crippen LogP contribution is -2.10. The molecule has 1 atom stereocenters. The molecule has 2 aromatic rings. The van der Waals surface area contributed by atoms with Crippen LogP contribution in [0.4, 0.5) is 4.39 Å². The highest BCUT2D eigenvalue weighted by atomic mass is 32.2. The molecule has 0 bridgehead atoms. The summed E-state index contributed by atoms with van der Waals surface area (Å²) >= 11 is 1.41. The molecule has 1 aromatic heterocycles. The maximum absolute atomic E-state index is 13.0. The fourth-order valence-corrected chi connectivity index (χ4v) is 2.68. The van der Waals surface area contributed by atoms with Crippen LogP contribution in [-0.2, 0) is 6.54 Å². The number of halogens is 1. The van der Waals surface area contributed by atoms with Crippen LogP contribution in [0.3, 0.4) is 0 Å². The first-order valence-corrected chi connectivity index (χ1v) is 7.35. The lowest BCUT2D eigenvalue weighted by Gasteiger charge is -2.10. The molecule has 0 aliphatic heterocycles. The smallest absolute Gasteiger partial charge is 0.195 e. The van der Waals surface area contributed by atoms with Crippen molar-refractivity contribution in [2.75, 3.05) is 5.75 Å². The van der Waals surface area contributed by atoms with Crippen molar-refractivity contribution in [3.63, 3.8) is 0 Å². The Balaban J connectivity index is 2.29. The van der Waals surface area contributed by atoms with E-state index in [0.717, 1.165) is 5.69 Å². The number of hydrogen-bond acceptors (Lipinski definition) is 5. The van der Waals surface area contributed by atoms with Crippen molar-refractivity contribution in [3.05, 3.63) is 35.9 Å². The van der Waals surface area contributed by atoms with E-state index in [9.17, 15) is 9.50 Å². The van der Waals surface area contributed by atoms with Gasteiger partial charge in [0.25, 0.3) is 0 Å². The fraction of sp³-hybridized carbons (Fsp3) is 0.385. The molecule has 5 nitrogen and oxygen atoms in total. The molecule has 0 radical (unpaired) electrons. The van der Waals surface area contributed by atoms with E-state index in [0.29, 0.717) is 23.2 Å². The summed E-state index contributed by atoms with van der Waals surface area (Å²) in [5, 5.41) is 18.4. The average Bonchev–Trinajstić information content (AvgIpc) is 2.88. The summed E-state index contributed by atoms with van der Waals surface area (Å²) in [7, 11) is 0. The Morgan fingerprint density at radius 3 is 2.65 bits per heavy atom. The molecule has 108 valence electrons. The molecule has 0 saturated heterocycles. The van der Waals surface area contributed by atoms with E-state index in [1.54, 1.807) is 16.7 Å². The third-order valence-corrected chi connectivity index (χ3v) is 3.92. The normalized spacial score (nSPS) is 12.6. The first-order valence-electron chi connectivity index (χ1n) is 6.36. The molecule has 0 spiro atoms. The predicted octanol–water partition coefficient (Wildman–Crippen LogP) is 1.73. The topological polar surface area (TPSA) is 77.0 Å². The van der Waals surface area contributed by atoms with Crippen molar-refractivity contribution in [2.45, 2.75) is 31.1 Å². The van der Waals surface area contributed by atoms with Gasteiger partial charge >= 0.3 is 0 Å².